The molecular formula is C21H23NO2. The van der Waals surface area contributed by atoms with E-state index < -0.39 is 0 Å². The summed E-state index contributed by atoms with van der Waals surface area (Å²) >= 11 is 0. The van der Waals surface area contributed by atoms with Crippen LogP contribution in [0.1, 0.15) is 46.0 Å². The molecule has 1 aliphatic rings. The molecular weight excluding hydrogens is 298 g/mol. The minimum atomic E-state index is -0.322. The van der Waals surface area contributed by atoms with E-state index in [0.717, 1.165) is 35.2 Å². The first-order chi connectivity index (χ1) is 11.6. The van der Waals surface area contributed by atoms with Gasteiger partial charge in [-0.25, -0.2) is 0 Å². The molecule has 3 heteroatoms. The standard InChI is InChI=1S/C21H23NO2/c1-3-5-15-8-11-18(14(2)12-15)21(24)22-20-7-4-6-16-9-10-17(23)13-19(16)20/h3-8,11-12,17,23H,9-10,13H2,1-2H3,(H,22,24)/b5-3+/t17-/m0/s1. The highest BCUT2D eigenvalue weighted by atomic mass is 16.3. The molecule has 2 N–H and O–H groups in total. The molecule has 0 radical (unpaired) electrons. The van der Waals surface area contributed by atoms with Crippen LogP contribution in [0.4, 0.5) is 5.69 Å². The lowest BCUT2D eigenvalue weighted by Crippen LogP contribution is -2.22. The van der Waals surface area contributed by atoms with Crippen molar-refractivity contribution in [3.63, 3.8) is 0 Å². The smallest absolute Gasteiger partial charge is 0.255 e. The highest BCUT2D eigenvalue weighted by molar-refractivity contribution is 6.05. The van der Waals surface area contributed by atoms with E-state index in [2.05, 4.69) is 11.4 Å². The topological polar surface area (TPSA) is 49.3 Å². The van der Waals surface area contributed by atoms with Crippen molar-refractivity contribution in [3.8, 4) is 0 Å². The van der Waals surface area contributed by atoms with Crippen LogP contribution in [0, 0.1) is 6.92 Å². The van der Waals surface area contributed by atoms with Crippen LogP contribution in [0.5, 0.6) is 0 Å². The summed E-state index contributed by atoms with van der Waals surface area (Å²) in [6.07, 6.45) is 5.93. The van der Waals surface area contributed by atoms with E-state index >= 15 is 0 Å². The molecule has 2 aromatic carbocycles. The van der Waals surface area contributed by atoms with Gasteiger partial charge in [0.05, 0.1) is 6.10 Å². The van der Waals surface area contributed by atoms with Crippen molar-refractivity contribution in [1.82, 2.24) is 0 Å². The van der Waals surface area contributed by atoms with E-state index in [-0.39, 0.29) is 12.0 Å². The molecule has 3 rings (SSSR count). The van der Waals surface area contributed by atoms with Crippen LogP contribution in [0.3, 0.4) is 0 Å². The van der Waals surface area contributed by atoms with Gasteiger partial charge in [-0.3, -0.25) is 4.79 Å². The molecule has 0 spiro atoms. The van der Waals surface area contributed by atoms with Gasteiger partial charge in [-0.2, -0.15) is 0 Å². The summed E-state index contributed by atoms with van der Waals surface area (Å²) in [5, 5.41) is 13.0. The predicted molar refractivity (Wildman–Crippen MR) is 98.3 cm³/mol. The Hall–Kier alpha value is -2.39. The summed E-state index contributed by atoms with van der Waals surface area (Å²) in [6.45, 7) is 3.93. The Morgan fingerprint density at radius 2 is 2.12 bits per heavy atom. The van der Waals surface area contributed by atoms with Crippen LogP contribution >= 0.6 is 0 Å². The zero-order valence-electron chi connectivity index (χ0n) is 14.2. The molecule has 3 nitrogen and oxygen atoms in total. The van der Waals surface area contributed by atoms with Crippen LogP contribution in [0.25, 0.3) is 6.08 Å². The number of hydrogen-bond donors (Lipinski definition) is 2. The minimum Gasteiger partial charge on any atom is -0.393 e. The van der Waals surface area contributed by atoms with Crippen LogP contribution in [-0.4, -0.2) is 17.1 Å². The molecule has 0 aromatic heterocycles. The molecule has 0 unspecified atom stereocenters. The van der Waals surface area contributed by atoms with Crippen LogP contribution in [0.2, 0.25) is 0 Å². The second kappa shape index (κ2) is 7.02. The van der Waals surface area contributed by atoms with Gasteiger partial charge < -0.3 is 10.4 Å². The van der Waals surface area contributed by atoms with Crippen molar-refractivity contribution in [2.45, 2.75) is 39.2 Å². The Kier molecular flexibility index (Phi) is 4.81. The summed E-state index contributed by atoms with van der Waals surface area (Å²) in [6, 6.07) is 11.8. The van der Waals surface area contributed by atoms with Crippen molar-refractivity contribution in [1.29, 1.82) is 0 Å². The highest BCUT2D eigenvalue weighted by Crippen LogP contribution is 2.28. The molecule has 0 bridgehead atoms. The number of anilines is 1. The Morgan fingerprint density at radius 1 is 1.29 bits per heavy atom. The quantitative estimate of drug-likeness (QED) is 0.893. The number of aliphatic hydroxyl groups excluding tert-OH is 1. The van der Waals surface area contributed by atoms with Gasteiger partial charge in [-0.1, -0.05) is 36.4 Å². The normalized spacial score (nSPS) is 16.9. The fourth-order valence-electron chi connectivity index (χ4n) is 3.31. The van der Waals surface area contributed by atoms with Gasteiger partial charge in [-0.05, 0) is 61.1 Å². The average molecular weight is 321 g/mol. The molecule has 0 fully saturated rings. The monoisotopic (exact) mass is 321 g/mol. The summed E-state index contributed by atoms with van der Waals surface area (Å²) in [4.78, 5) is 12.7. The maximum absolute atomic E-state index is 12.7. The lowest BCUT2D eigenvalue weighted by molar-refractivity contribution is 0.102. The SMILES string of the molecule is C/C=C/c1ccc(C(=O)Nc2cccc3c2C[C@@H](O)CC3)c(C)c1. The Balaban J connectivity index is 1.86. The lowest BCUT2D eigenvalue weighted by Gasteiger charge is -2.23. The molecule has 124 valence electrons. The Morgan fingerprint density at radius 3 is 2.88 bits per heavy atom. The van der Waals surface area contributed by atoms with Crippen LogP contribution < -0.4 is 5.32 Å². The first kappa shape index (κ1) is 16.5. The third kappa shape index (κ3) is 3.41. The van der Waals surface area contributed by atoms with Crippen molar-refractivity contribution < 1.29 is 9.90 Å². The second-order valence-electron chi connectivity index (χ2n) is 6.37. The summed E-state index contributed by atoms with van der Waals surface area (Å²) in [5.74, 6) is -0.104. The van der Waals surface area contributed by atoms with Gasteiger partial charge in [0.2, 0.25) is 0 Å². The Labute approximate surface area is 143 Å². The number of rotatable bonds is 3. The number of hydrogen-bond acceptors (Lipinski definition) is 2. The van der Waals surface area contributed by atoms with Crippen LogP contribution in [-0.2, 0) is 12.8 Å². The zero-order valence-corrected chi connectivity index (χ0v) is 14.2. The first-order valence-corrected chi connectivity index (χ1v) is 8.42. The predicted octanol–water partition coefficient (Wildman–Crippen LogP) is 4.13. The fraction of sp³-hybridized carbons (Fsp3) is 0.286. The van der Waals surface area contributed by atoms with E-state index in [1.165, 1.54) is 5.56 Å². The van der Waals surface area contributed by atoms with Crippen molar-refractivity contribution in [2.24, 2.45) is 0 Å². The molecule has 1 amide bonds. The number of allylic oxidation sites excluding steroid dienone is 1. The number of carbonyl (C=O) groups is 1. The largest absolute Gasteiger partial charge is 0.393 e. The van der Waals surface area contributed by atoms with Gasteiger partial charge in [0.25, 0.3) is 5.91 Å². The molecule has 1 aliphatic carbocycles. The van der Waals surface area contributed by atoms with Gasteiger partial charge in [-0.15, -0.1) is 0 Å². The third-order valence-electron chi connectivity index (χ3n) is 4.56. The maximum atomic E-state index is 12.7. The van der Waals surface area contributed by atoms with E-state index in [9.17, 15) is 9.90 Å². The summed E-state index contributed by atoms with van der Waals surface area (Å²) in [7, 11) is 0. The van der Waals surface area contributed by atoms with Gasteiger partial charge in [0.1, 0.15) is 0 Å². The first-order valence-electron chi connectivity index (χ1n) is 8.42. The fourth-order valence-corrected chi connectivity index (χ4v) is 3.31. The minimum absolute atomic E-state index is 0.104. The van der Waals surface area contributed by atoms with Gasteiger partial charge >= 0.3 is 0 Å². The number of nitrogens with one attached hydrogen (secondary N) is 1. The molecule has 2 aromatic rings. The molecule has 0 aliphatic heterocycles. The van der Waals surface area contributed by atoms with E-state index in [0.29, 0.717) is 12.0 Å². The van der Waals surface area contributed by atoms with Crippen LogP contribution in [0.15, 0.2) is 42.5 Å². The number of aliphatic hydroxyl groups is 1. The third-order valence-corrected chi connectivity index (χ3v) is 4.56. The maximum Gasteiger partial charge on any atom is 0.255 e. The number of amides is 1. The van der Waals surface area contributed by atoms with E-state index in [4.69, 9.17) is 0 Å². The molecule has 0 heterocycles. The van der Waals surface area contributed by atoms with Crippen molar-refractivity contribution in [2.75, 3.05) is 5.32 Å². The number of fused-ring (bicyclic) bond motifs is 1. The van der Waals surface area contributed by atoms with Crippen molar-refractivity contribution >= 4 is 17.7 Å². The highest BCUT2D eigenvalue weighted by Gasteiger charge is 2.20. The number of carbonyl (C=O) groups excluding carboxylic acids is 1. The average Bonchev–Trinajstić information content (AvgIpc) is 2.56. The van der Waals surface area contributed by atoms with E-state index in [1.807, 2.05) is 56.3 Å². The van der Waals surface area contributed by atoms with E-state index in [1.54, 1.807) is 0 Å². The lowest BCUT2D eigenvalue weighted by atomic mass is 9.88. The van der Waals surface area contributed by atoms with Gasteiger partial charge in [0, 0.05) is 17.7 Å². The number of benzene rings is 2. The zero-order chi connectivity index (χ0) is 17.1. The summed E-state index contributed by atoms with van der Waals surface area (Å²) in [5.41, 5.74) is 5.82. The van der Waals surface area contributed by atoms with Gasteiger partial charge in [0.15, 0.2) is 0 Å². The molecule has 0 saturated heterocycles. The molecule has 24 heavy (non-hydrogen) atoms. The Bertz CT molecular complexity index is 792. The number of aryl methyl sites for hydroxylation is 2. The van der Waals surface area contributed by atoms with Crippen molar-refractivity contribution in [3.05, 3.63) is 70.3 Å². The molecule has 1 atom stereocenters. The molecule has 0 saturated carbocycles. The summed E-state index contributed by atoms with van der Waals surface area (Å²) < 4.78 is 0. The second-order valence-corrected chi connectivity index (χ2v) is 6.37.